The minimum absolute atomic E-state index is 0.0421. The molecule has 0 unspecified atom stereocenters. The van der Waals surface area contributed by atoms with Crippen LogP contribution in [0.5, 0.6) is 0 Å². The van der Waals surface area contributed by atoms with Crippen molar-refractivity contribution in [2.24, 2.45) is 5.92 Å². The third-order valence-corrected chi connectivity index (χ3v) is 5.29. The average Bonchev–Trinajstić information content (AvgIpc) is 2.84. The second-order valence-corrected chi connectivity index (χ2v) is 8.63. The summed E-state index contributed by atoms with van der Waals surface area (Å²) in [5.41, 5.74) is -0.357. The standard InChI is InChI=1S/C26H25F4N5O/c1-16(2)14-36-15-22-34-24(32-13-11-17-6-3-4-8-20(17)27)18-9-10-21(33-25(18)35-22)23-19(26(28,29)30)7-5-12-31-23/h3-10,12,16H,11,13-15H2,1-2H3,(H,32,33,34,35). The van der Waals surface area contributed by atoms with Crippen LogP contribution in [0.3, 0.4) is 0 Å². The van der Waals surface area contributed by atoms with Crippen molar-refractivity contribution >= 4 is 16.9 Å². The Labute approximate surface area is 205 Å². The van der Waals surface area contributed by atoms with Crippen LogP contribution in [0.25, 0.3) is 22.4 Å². The third-order valence-electron chi connectivity index (χ3n) is 5.29. The van der Waals surface area contributed by atoms with Crippen LogP contribution in [0.2, 0.25) is 0 Å². The summed E-state index contributed by atoms with van der Waals surface area (Å²) in [5.74, 6) is 0.782. The Kier molecular flexibility index (Phi) is 7.73. The Bertz CT molecular complexity index is 1340. The quantitative estimate of drug-likeness (QED) is 0.282. The lowest BCUT2D eigenvalue weighted by molar-refractivity contribution is -0.137. The largest absolute Gasteiger partial charge is 0.418 e. The van der Waals surface area contributed by atoms with Gasteiger partial charge in [-0.15, -0.1) is 0 Å². The lowest BCUT2D eigenvalue weighted by atomic mass is 10.1. The van der Waals surface area contributed by atoms with Gasteiger partial charge >= 0.3 is 6.18 Å². The number of halogens is 4. The minimum atomic E-state index is -4.58. The first-order chi connectivity index (χ1) is 17.2. The Morgan fingerprint density at radius 1 is 0.972 bits per heavy atom. The van der Waals surface area contributed by atoms with Crippen LogP contribution in [0.1, 0.15) is 30.8 Å². The fourth-order valence-corrected chi connectivity index (χ4v) is 3.63. The summed E-state index contributed by atoms with van der Waals surface area (Å²) in [6, 6.07) is 11.8. The number of nitrogens with zero attached hydrogens (tertiary/aromatic N) is 4. The highest BCUT2D eigenvalue weighted by Crippen LogP contribution is 2.35. The second-order valence-electron chi connectivity index (χ2n) is 8.63. The first-order valence-corrected chi connectivity index (χ1v) is 11.5. The predicted octanol–water partition coefficient (Wildman–Crippen LogP) is 6.07. The molecule has 0 amide bonds. The molecule has 188 valence electrons. The smallest absolute Gasteiger partial charge is 0.373 e. The Morgan fingerprint density at radius 3 is 2.53 bits per heavy atom. The van der Waals surface area contributed by atoms with E-state index < -0.39 is 11.7 Å². The van der Waals surface area contributed by atoms with E-state index in [9.17, 15) is 17.6 Å². The van der Waals surface area contributed by atoms with Crippen LogP contribution >= 0.6 is 0 Å². The maximum Gasteiger partial charge on any atom is 0.418 e. The van der Waals surface area contributed by atoms with Gasteiger partial charge in [0.25, 0.3) is 0 Å². The zero-order valence-corrected chi connectivity index (χ0v) is 19.8. The number of hydrogen-bond acceptors (Lipinski definition) is 6. The summed E-state index contributed by atoms with van der Waals surface area (Å²) in [5, 5.41) is 3.71. The molecule has 4 rings (SSSR count). The first kappa shape index (κ1) is 25.4. The predicted molar refractivity (Wildman–Crippen MR) is 129 cm³/mol. The molecule has 0 aliphatic carbocycles. The van der Waals surface area contributed by atoms with E-state index in [0.29, 0.717) is 48.1 Å². The van der Waals surface area contributed by atoms with Crippen LogP contribution in [-0.4, -0.2) is 33.1 Å². The van der Waals surface area contributed by atoms with E-state index in [1.54, 1.807) is 24.3 Å². The SMILES string of the molecule is CC(C)COCc1nc(NCCc2ccccc2F)c2ccc(-c3ncccc3C(F)(F)F)nc2n1. The monoisotopic (exact) mass is 499 g/mol. The molecular formula is C26H25F4N5O. The Balaban J connectivity index is 1.68. The molecule has 0 radical (unpaired) electrons. The van der Waals surface area contributed by atoms with Gasteiger partial charge < -0.3 is 10.1 Å². The molecule has 1 N–H and O–H groups in total. The molecular weight excluding hydrogens is 474 g/mol. The van der Waals surface area contributed by atoms with Crippen LogP contribution in [0, 0.1) is 11.7 Å². The van der Waals surface area contributed by atoms with Crippen molar-refractivity contribution < 1.29 is 22.3 Å². The first-order valence-electron chi connectivity index (χ1n) is 11.5. The second kappa shape index (κ2) is 10.9. The molecule has 36 heavy (non-hydrogen) atoms. The summed E-state index contributed by atoms with van der Waals surface area (Å²) in [7, 11) is 0. The molecule has 0 saturated carbocycles. The summed E-state index contributed by atoms with van der Waals surface area (Å²) >= 11 is 0. The maximum absolute atomic E-state index is 14.0. The van der Waals surface area contributed by atoms with E-state index in [4.69, 9.17) is 4.74 Å². The van der Waals surface area contributed by atoms with Crippen molar-refractivity contribution in [3.05, 3.63) is 77.5 Å². The van der Waals surface area contributed by atoms with Crippen molar-refractivity contribution in [3.8, 4) is 11.4 Å². The molecule has 3 heterocycles. The van der Waals surface area contributed by atoms with E-state index in [1.165, 1.54) is 24.4 Å². The molecule has 0 fully saturated rings. The Morgan fingerprint density at radius 2 is 1.78 bits per heavy atom. The molecule has 4 aromatic rings. The van der Waals surface area contributed by atoms with Crippen molar-refractivity contribution in [2.45, 2.75) is 33.1 Å². The topological polar surface area (TPSA) is 72.8 Å². The number of hydrogen-bond donors (Lipinski definition) is 1. The van der Waals surface area contributed by atoms with Gasteiger partial charge in [-0.1, -0.05) is 32.0 Å². The highest BCUT2D eigenvalue weighted by molar-refractivity contribution is 5.88. The number of rotatable bonds is 9. The molecule has 6 nitrogen and oxygen atoms in total. The fourth-order valence-electron chi connectivity index (χ4n) is 3.63. The molecule has 10 heteroatoms. The van der Waals surface area contributed by atoms with Gasteiger partial charge in [0.2, 0.25) is 0 Å². The van der Waals surface area contributed by atoms with Crippen molar-refractivity contribution in [3.63, 3.8) is 0 Å². The van der Waals surface area contributed by atoms with Crippen molar-refractivity contribution in [2.75, 3.05) is 18.5 Å². The van der Waals surface area contributed by atoms with E-state index >= 15 is 0 Å². The van der Waals surface area contributed by atoms with Crippen LogP contribution in [0.15, 0.2) is 54.7 Å². The van der Waals surface area contributed by atoms with Gasteiger partial charge in [0.15, 0.2) is 11.5 Å². The van der Waals surface area contributed by atoms with E-state index in [-0.39, 0.29) is 29.5 Å². The number of alkyl halides is 3. The van der Waals surface area contributed by atoms with Crippen LogP contribution in [-0.2, 0) is 23.9 Å². The van der Waals surface area contributed by atoms with E-state index in [0.717, 1.165) is 6.07 Å². The number of aromatic nitrogens is 4. The normalized spacial score (nSPS) is 11.9. The van der Waals surface area contributed by atoms with Crippen LogP contribution < -0.4 is 5.32 Å². The zero-order chi connectivity index (χ0) is 25.7. The van der Waals surface area contributed by atoms with Gasteiger partial charge in [0, 0.05) is 19.3 Å². The van der Waals surface area contributed by atoms with Gasteiger partial charge in [-0.25, -0.2) is 19.3 Å². The summed E-state index contributed by atoms with van der Waals surface area (Å²) < 4.78 is 60.3. The summed E-state index contributed by atoms with van der Waals surface area (Å²) in [4.78, 5) is 17.3. The number of pyridine rings is 2. The lowest BCUT2D eigenvalue weighted by Crippen LogP contribution is -2.12. The number of benzene rings is 1. The summed E-state index contributed by atoms with van der Waals surface area (Å²) in [6.07, 6.45) is -2.88. The van der Waals surface area contributed by atoms with Gasteiger partial charge in [-0.05, 0) is 48.2 Å². The number of anilines is 1. The Hall–Kier alpha value is -3.66. The third kappa shape index (κ3) is 6.12. The molecule has 3 aromatic heterocycles. The van der Waals surface area contributed by atoms with Gasteiger partial charge in [0.05, 0.1) is 16.6 Å². The van der Waals surface area contributed by atoms with Crippen molar-refractivity contribution in [1.29, 1.82) is 0 Å². The van der Waals surface area contributed by atoms with Crippen LogP contribution in [0.4, 0.5) is 23.4 Å². The van der Waals surface area contributed by atoms with Crippen molar-refractivity contribution in [1.82, 2.24) is 19.9 Å². The average molecular weight is 500 g/mol. The lowest BCUT2D eigenvalue weighted by Gasteiger charge is -2.14. The molecule has 0 aliphatic rings. The molecule has 0 aliphatic heterocycles. The molecule has 0 spiro atoms. The van der Waals surface area contributed by atoms with Gasteiger partial charge in [-0.3, -0.25) is 4.98 Å². The van der Waals surface area contributed by atoms with Gasteiger partial charge in [-0.2, -0.15) is 13.2 Å². The number of nitrogens with one attached hydrogen (secondary N) is 1. The minimum Gasteiger partial charge on any atom is -0.373 e. The molecule has 0 atom stereocenters. The molecule has 1 aromatic carbocycles. The highest BCUT2D eigenvalue weighted by atomic mass is 19.4. The molecule has 0 bridgehead atoms. The number of fused-ring (bicyclic) bond motifs is 1. The fraction of sp³-hybridized carbons (Fsp3) is 0.308. The van der Waals surface area contributed by atoms with E-state index in [2.05, 4.69) is 25.3 Å². The zero-order valence-electron chi connectivity index (χ0n) is 19.8. The maximum atomic E-state index is 14.0. The van der Waals surface area contributed by atoms with Gasteiger partial charge in [0.1, 0.15) is 23.9 Å². The molecule has 0 saturated heterocycles. The highest BCUT2D eigenvalue weighted by Gasteiger charge is 2.34. The number of ether oxygens (including phenoxy) is 1. The van der Waals surface area contributed by atoms with E-state index in [1.807, 2.05) is 13.8 Å². The summed E-state index contributed by atoms with van der Waals surface area (Å²) in [6.45, 7) is 5.00.